The minimum atomic E-state index is -0.00925. The highest BCUT2D eigenvalue weighted by atomic mass is 16.5. The van der Waals surface area contributed by atoms with E-state index in [1.54, 1.807) is 0 Å². The monoisotopic (exact) mass is 182 g/mol. The number of ether oxygens (including phenoxy) is 1. The van der Waals surface area contributed by atoms with E-state index in [0.717, 1.165) is 25.7 Å². The third-order valence-electron chi connectivity index (χ3n) is 2.73. The summed E-state index contributed by atoms with van der Waals surface area (Å²) in [5.74, 6) is 0.756. The van der Waals surface area contributed by atoms with E-state index < -0.39 is 0 Å². The van der Waals surface area contributed by atoms with Crippen molar-refractivity contribution in [3.8, 4) is 0 Å². The summed E-state index contributed by atoms with van der Waals surface area (Å²) in [6, 6.07) is 0. The Morgan fingerprint density at radius 1 is 1.46 bits per heavy atom. The van der Waals surface area contributed by atoms with Crippen molar-refractivity contribution in [2.24, 2.45) is 11.8 Å². The number of carbonyl (C=O) groups excluding carboxylic acids is 1. The molecule has 13 heavy (non-hydrogen) atoms. The van der Waals surface area contributed by atoms with Crippen LogP contribution in [-0.4, -0.2) is 12.6 Å². The molecule has 0 spiro atoms. The summed E-state index contributed by atoms with van der Waals surface area (Å²) in [7, 11) is 0. The zero-order chi connectivity index (χ0) is 9.68. The Morgan fingerprint density at radius 3 is 2.54 bits per heavy atom. The van der Waals surface area contributed by atoms with Gasteiger partial charge in [0, 0.05) is 0 Å². The fourth-order valence-electron chi connectivity index (χ4n) is 1.85. The number of rotatable bonds is 3. The molecule has 0 amide bonds. The minimum absolute atomic E-state index is 0.00925. The highest BCUT2D eigenvalue weighted by Gasteiger charge is 2.25. The van der Waals surface area contributed by atoms with Gasteiger partial charge in [-0.3, -0.25) is 4.79 Å². The lowest BCUT2D eigenvalue weighted by Crippen LogP contribution is -2.23. The van der Waals surface area contributed by atoms with Crippen molar-refractivity contribution in [1.29, 1.82) is 0 Å². The summed E-state index contributed by atoms with van der Waals surface area (Å²) in [5, 5.41) is 0. The molecule has 0 N–H and O–H groups in total. The molecule has 0 bridgehead atoms. The molecule has 2 heteroatoms. The Hall–Kier alpha value is -0.790. The van der Waals surface area contributed by atoms with Gasteiger partial charge in [-0.05, 0) is 38.5 Å². The van der Waals surface area contributed by atoms with E-state index in [4.69, 9.17) is 4.74 Å². The summed E-state index contributed by atoms with van der Waals surface area (Å²) in [4.78, 5) is 11.3. The molecule has 0 saturated heterocycles. The Balaban J connectivity index is 2.31. The lowest BCUT2D eigenvalue weighted by molar-refractivity contribution is -0.149. The largest absolute Gasteiger partial charge is 0.466 e. The Morgan fingerprint density at radius 2 is 2.08 bits per heavy atom. The van der Waals surface area contributed by atoms with Gasteiger partial charge in [0.05, 0.1) is 12.5 Å². The first-order valence-electron chi connectivity index (χ1n) is 5.07. The van der Waals surface area contributed by atoms with Crippen LogP contribution in [0.25, 0.3) is 0 Å². The van der Waals surface area contributed by atoms with Crippen LogP contribution in [0.5, 0.6) is 0 Å². The lowest BCUT2D eigenvalue weighted by Gasteiger charge is -2.24. The molecule has 2 nitrogen and oxygen atoms in total. The predicted octanol–water partition coefficient (Wildman–Crippen LogP) is 2.54. The van der Waals surface area contributed by atoms with Crippen LogP contribution in [0.1, 0.15) is 32.6 Å². The van der Waals surface area contributed by atoms with Crippen molar-refractivity contribution >= 4 is 5.97 Å². The van der Waals surface area contributed by atoms with E-state index in [2.05, 4.69) is 6.58 Å². The highest BCUT2D eigenvalue weighted by Crippen LogP contribution is 2.29. The van der Waals surface area contributed by atoms with Gasteiger partial charge >= 0.3 is 5.97 Å². The molecule has 0 radical (unpaired) electrons. The summed E-state index contributed by atoms with van der Waals surface area (Å²) >= 11 is 0. The second-order valence-corrected chi connectivity index (χ2v) is 3.60. The molecule has 74 valence electrons. The Bertz CT molecular complexity index is 179. The van der Waals surface area contributed by atoms with Gasteiger partial charge < -0.3 is 4.74 Å². The maximum Gasteiger partial charge on any atom is 0.308 e. The maximum absolute atomic E-state index is 11.3. The molecule has 0 aromatic rings. The van der Waals surface area contributed by atoms with E-state index in [1.807, 2.05) is 13.0 Å². The molecule has 0 atom stereocenters. The van der Waals surface area contributed by atoms with Crippen LogP contribution in [0.15, 0.2) is 12.7 Å². The molecule has 0 aromatic carbocycles. The number of hydrogen-bond acceptors (Lipinski definition) is 2. The molecule has 1 aliphatic rings. The molecule has 1 fully saturated rings. The molecular formula is C11H18O2. The second-order valence-electron chi connectivity index (χ2n) is 3.60. The quantitative estimate of drug-likeness (QED) is 0.495. The summed E-state index contributed by atoms with van der Waals surface area (Å²) in [6.45, 7) is 6.13. The summed E-state index contributed by atoms with van der Waals surface area (Å²) in [5.41, 5.74) is 0. The summed E-state index contributed by atoms with van der Waals surface area (Å²) < 4.78 is 4.99. The van der Waals surface area contributed by atoms with Crippen LogP contribution < -0.4 is 0 Å². The predicted molar refractivity (Wildman–Crippen MR) is 52.3 cm³/mol. The molecular weight excluding hydrogens is 164 g/mol. The summed E-state index contributed by atoms with van der Waals surface area (Å²) in [6.07, 6.45) is 6.12. The Labute approximate surface area is 80.0 Å². The van der Waals surface area contributed by atoms with E-state index in [9.17, 15) is 4.79 Å². The maximum atomic E-state index is 11.3. The van der Waals surface area contributed by atoms with Gasteiger partial charge in [0.1, 0.15) is 0 Å². The van der Waals surface area contributed by atoms with E-state index in [0.29, 0.717) is 12.5 Å². The second kappa shape index (κ2) is 5.05. The molecule has 1 rings (SSSR count). The van der Waals surface area contributed by atoms with Crippen molar-refractivity contribution in [2.45, 2.75) is 32.6 Å². The molecule has 0 aliphatic heterocycles. The standard InChI is InChI=1S/C11H18O2/c1-3-9-5-7-10(8-6-9)11(12)13-4-2/h3,9-10H,1,4-8H2,2H3/t9-,10-. The van der Waals surface area contributed by atoms with Crippen LogP contribution in [0.2, 0.25) is 0 Å². The van der Waals surface area contributed by atoms with Gasteiger partial charge in [-0.25, -0.2) is 0 Å². The van der Waals surface area contributed by atoms with Gasteiger partial charge in [-0.1, -0.05) is 6.08 Å². The average molecular weight is 182 g/mol. The van der Waals surface area contributed by atoms with Crippen molar-refractivity contribution in [3.05, 3.63) is 12.7 Å². The fourth-order valence-corrected chi connectivity index (χ4v) is 1.85. The topological polar surface area (TPSA) is 26.3 Å². The van der Waals surface area contributed by atoms with Gasteiger partial charge in [0.15, 0.2) is 0 Å². The van der Waals surface area contributed by atoms with Gasteiger partial charge in [-0.15, -0.1) is 6.58 Å². The molecule has 0 unspecified atom stereocenters. The van der Waals surface area contributed by atoms with Crippen molar-refractivity contribution in [3.63, 3.8) is 0 Å². The number of allylic oxidation sites excluding steroid dienone is 1. The van der Waals surface area contributed by atoms with Crippen LogP contribution in [0, 0.1) is 11.8 Å². The molecule has 0 aromatic heterocycles. The Kier molecular flexibility index (Phi) is 4.00. The first kappa shape index (κ1) is 10.3. The smallest absolute Gasteiger partial charge is 0.308 e. The first-order valence-corrected chi connectivity index (χ1v) is 5.07. The fraction of sp³-hybridized carbons (Fsp3) is 0.727. The van der Waals surface area contributed by atoms with E-state index in [-0.39, 0.29) is 11.9 Å². The highest BCUT2D eigenvalue weighted by molar-refractivity contribution is 5.72. The molecule has 0 heterocycles. The van der Waals surface area contributed by atoms with E-state index in [1.165, 1.54) is 0 Å². The SMILES string of the molecule is C=C[C@H]1CC[C@H](C(=O)OCC)CC1. The lowest BCUT2D eigenvalue weighted by atomic mass is 9.82. The average Bonchev–Trinajstić information content (AvgIpc) is 2.18. The third-order valence-corrected chi connectivity index (χ3v) is 2.73. The van der Waals surface area contributed by atoms with Crippen LogP contribution >= 0.6 is 0 Å². The van der Waals surface area contributed by atoms with E-state index >= 15 is 0 Å². The minimum Gasteiger partial charge on any atom is -0.466 e. The van der Waals surface area contributed by atoms with Crippen LogP contribution in [0.4, 0.5) is 0 Å². The zero-order valence-electron chi connectivity index (χ0n) is 8.29. The van der Waals surface area contributed by atoms with Crippen molar-refractivity contribution in [1.82, 2.24) is 0 Å². The molecule has 1 saturated carbocycles. The van der Waals surface area contributed by atoms with Crippen molar-refractivity contribution in [2.75, 3.05) is 6.61 Å². The van der Waals surface area contributed by atoms with Crippen molar-refractivity contribution < 1.29 is 9.53 Å². The van der Waals surface area contributed by atoms with Crippen LogP contribution in [-0.2, 0) is 9.53 Å². The van der Waals surface area contributed by atoms with Crippen LogP contribution in [0.3, 0.4) is 0 Å². The van der Waals surface area contributed by atoms with Gasteiger partial charge in [0.25, 0.3) is 0 Å². The third kappa shape index (κ3) is 2.87. The first-order chi connectivity index (χ1) is 6.27. The van der Waals surface area contributed by atoms with Gasteiger partial charge in [-0.2, -0.15) is 0 Å². The van der Waals surface area contributed by atoms with Gasteiger partial charge in [0.2, 0.25) is 0 Å². The zero-order valence-corrected chi connectivity index (χ0v) is 8.29. The number of esters is 1. The normalized spacial score (nSPS) is 28.1. The number of carbonyl (C=O) groups is 1. The number of hydrogen-bond donors (Lipinski definition) is 0. The molecule has 1 aliphatic carbocycles.